The van der Waals surface area contributed by atoms with E-state index in [1.54, 1.807) is 49.1 Å². The molecule has 1 aliphatic rings. The van der Waals surface area contributed by atoms with Crippen molar-refractivity contribution < 1.29 is 27.8 Å². The molecule has 0 saturated carbocycles. The van der Waals surface area contributed by atoms with Gasteiger partial charge < -0.3 is 24.4 Å². The van der Waals surface area contributed by atoms with Crippen molar-refractivity contribution in [2.45, 2.75) is 12.0 Å². The summed E-state index contributed by atoms with van der Waals surface area (Å²) in [5, 5.41) is 2.48. The van der Waals surface area contributed by atoms with Crippen molar-refractivity contribution in [3.63, 3.8) is 0 Å². The summed E-state index contributed by atoms with van der Waals surface area (Å²) in [4.78, 5) is 14.5. The Morgan fingerprint density at radius 1 is 1.18 bits per heavy atom. The Labute approximate surface area is 165 Å². The number of benzene rings is 2. The van der Waals surface area contributed by atoms with Crippen LogP contribution in [0.4, 0.5) is 19.3 Å². The van der Waals surface area contributed by atoms with Gasteiger partial charge in [0.25, 0.3) is 0 Å². The first-order valence-electron chi connectivity index (χ1n) is 8.48. The minimum Gasteiger partial charge on any atom is -0.497 e. The SMILES string of the molecule is COc1ccc(OC)c(C2SCCN2C(=O)Nc2cccc(OC(F)F)c2)c1. The van der Waals surface area contributed by atoms with E-state index in [0.29, 0.717) is 23.7 Å². The van der Waals surface area contributed by atoms with Gasteiger partial charge in [-0.2, -0.15) is 8.78 Å². The lowest BCUT2D eigenvalue weighted by molar-refractivity contribution is -0.0497. The maximum Gasteiger partial charge on any atom is 0.387 e. The number of amides is 2. The zero-order valence-electron chi connectivity index (χ0n) is 15.4. The molecule has 3 rings (SSSR count). The molecule has 2 aromatic rings. The molecule has 28 heavy (non-hydrogen) atoms. The van der Waals surface area contributed by atoms with Crippen molar-refractivity contribution in [2.75, 3.05) is 31.8 Å². The molecule has 0 aromatic heterocycles. The molecule has 9 heteroatoms. The van der Waals surface area contributed by atoms with E-state index in [1.807, 2.05) is 6.07 Å². The minimum atomic E-state index is -2.93. The molecule has 1 saturated heterocycles. The summed E-state index contributed by atoms with van der Waals surface area (Å²) in [5.74, 6) is 2.06. The third kappa shape index (κ3) is 4.59. The molecule has 1 N–H and O–H groups in total. The lowest BCUT2D eigenvalue weighted by Crippen LogP contribution is -2.34. The lowest BCUT2D eigenvalue weighted by atomic mass is 10.1. The van der Waals surface area contributed by atoms with Gasteiger partial charge in [-0.25, -0.2) is 4.79 Å². The summed E-state index contributed by atoms with van der Waals surface area (Å²) in [6, 6.07) is 11.0. The van der Waals surface area contributed by atoms with Crippen LogP contribution in [-0.4, -0.2) is 44.1 Å². The van der Waals surface area contributed by atoms with Crippen LogP contribution < -0.4 is 19.5 Å². The van der Waals surface area contributed by atoms with E-state index in [2.05, 4.69) is 10.1 Å². The highest BCUT2D eigenvalue weighted by Gasteiger charge is 2.33. The highest BCUT2D eigenvalue weighted by molar-refractivity contribution is 7.99. The van der Waals surface area contributed by atoms with E-state index in [0.717, 1.165) is 11.3 Å². The van der Waals surface area contributed by atoms with Gasteiger partial charge in [0.05, 0.1) is 14.2 Å². The fraction of sp³-hybridized carbons (Fsp3) is 0.316. The number of carbonyl (C=O) groups excluding carboxylic acids is 1. The fourth-order valence-electron chi connectivity index (χ4n) is 2.91. The van der Waals surface area contributed by atoms with E-state index < -0.39 is 6.61 Å². The largest absolute Gasteiger partial charge is 0.497 e. The molecule has 1 fully saturated rings. The van der Waals surface area contributed by atoms with Gasteiger partial charge in [0.15, 0.2) is 0 Å². The number of nitrogens with zero attached hydrogens (tertiary/aromatic N) is 1. The maximum atomic E-state index is 12.8. The number of anilines is 1. The Morgan fingerprint density at radius 3 is 2.71 bits per heavy atom. The summed E-state index contributed by atoms with van der Waals surface area (Å²) < 4.78 is 39.9. The zero-order chi connectivity index (χ0) is 20.1. The number of methoxy groups -OCH3 is 2. The summed E-state index contributed by atoms with van der Waals surface area (Å²) in [7, 11) is 3.15. The van der Waals surface area contributed by atoms with Crippen LogP contribution in [0, 0.1) is 0 Å². The van der Waals surface area contributed by atoms with E-state index in [-0.39, 0.29) is 17.2 Å². The van der Waals surface area contributed by atoms with Crippen LogP contribution in [0.25, 0.3) is 0 Å². The summed E-state index contributed by atoms with van der Waals surface area (Å²) in [5.41, 5.74) is 1.20. The van der Waals surface area contributed by atoms with Gasteiger partial charge in [-0.1, -0.05) is 6.07 Å². The van der Waals surface area contributed by atoms with Crippen molar-refractivity contribution >= 4 is 23.5 Å². The molecule has 2 amide bonds. The van der Waals surface area contributed by atoms with Crippen molar-refractivity contribution in [3.8, 4) is 17.2 Å². The van der Waals surface area contributed by atoms with Crippen molar-refractivity contribution in [2.24, 2.45) is 0 Å². The second kappa shape index (κ2) is 9.01. The standard InChI is InChI=1S/C19H20F2N2O4S/c1-25-13-6-7-16(26-2)15(11-13)17-23(8-9-28-17)19(24)22-12-4-3-5-14(10-12)27-18(20)21/h3-7,10-11,17-18H,8-9H2,1-2H3,(H,22,24). The fourth-order valence-corrected chi connectivity index (χ4v) is 4.18. The average Bonchev–Trinajstić information content (AvgIpc) is 3.17. The van der Waals surface area contributed by atoms with Crippen molar-refractivity contribution in [1.82, 2.24) is 4.90 Å². The lowest BCUT2D eigenvalue weighted by Gasteiger charge is -2.26. The van der Waals surface area contributed by atoms with E-state index in [4.69, 9.17) is 9.47 Å². The second-order valence-electron chi connectivity index (χ2n) is 5.86. The van der Waals surface area contributed by atoms with Crippen LogP contribution in [-0.2, 0) is 0 Å². The van der Waals surface area contributed by atoms with E-state index in [9.17, 15) is 13.6 Å². The second-order valence-corrected chi connectivity index (χ2v) is 7.05. The van der Waals surface area contributed by atoms with Crippen LogP contribution in [0.5, 0.6) is 17.2 Å². The van der Waals surface area contributed by atoms with Crippen LogP contribution in [0.15, 0.2) is 42.5 Å². The molecular weight excluding hydrogens is 390 g/mol. The Bertz CT molecular complexity index is 837. The average molecular weight is 410 g/mol. The number of thioether (sulfide) groups is 1. The van der Waals surface area contributed by atoms with Gasteiger partial charge in [-0.15, -0.1) is 11.8 Å². The first-order valence-corrected chi connectivity index (χ1v) is 9.52. The molecule has 0 radical (unpaired) electrons. The van der Waals surface area contributed by atoms with Crippen LogP contribution >= 0.6 is 11.8 Å². The number of halogens is 2. The number of ether oxygens (including phenoxy) is 3. The van der Waals surface area contributed by atoms with Crippen molar-refractivity contribution in [1.29, 1.82) is 0 Å². The molecule has 0 spiro atoms. The number of rotatable bonds is 6. The Morgan fingerprint density at radius 2 is 2.00 bits per heavy atom. The predicted molar refractivity (Wildman–Crippen MR) is 104 cm³/mol. The Kier molecular flexibility index (Phi) is 6.45. The van der Waals surface area contributed by atoms with Gasteiger partial charge >= 0.3 is 12.6 Å². The number of carbonyl (C=O) groups is 1. The minimum absolute atomic E-state index is 0.0189. The molecule has 2 aromatic carbocycles. The summed E-state index contributed by atoms with van der Waals surface area (Å²) in [6.45, 7) is -2.39. The number of urea groups is 1. The molecule has 6 nitrogen and oxygen atoms in total. The molecule has 0 bridgehead atoms. The molecule has 1 heterocycles. The first-order chi connectivity index (χ1) is 13.5. The molecule has 1 unspecified atom stereocenters. The number of alkyl halides is 2. The molecule has 150 valence electrons. The van der Waals surface area contributed by atoms with E-state index in [1.165, 1.54) is 18.2 Å². The quantitative estimate of drug-likeness (QED) is 0.755. The number of nitrogens with one attached hydrogen (secondary N) is 1. The number of hydrogen-bond donors (Lipinski definition) is 1. The van der Waals surface area contributed by atoms with Gasteiger partial charge in [0.1, 0.15) is 22.6 Å². The van der Waals surface area contributed by atoms with Crippen molar-refractivity contribution in [3.05, 3.63) is 48.0 Å². The topological polar surface area (TPSA) is 60.0 Å². The van der Waals surface area contributed by atoms with Crippen LogP contribution in [0.2, 0.25) is 0 Å². The molecule has 1 atom stereocenters. The first kappa shape index (κ1) is 20.1. The molecular formula is C19H20F2N2O4S. The monoisotopic (exact) mass is 410 g/mol. The normalized spacial score (nSPS) is 16.2. The van der Waals surface area contributed by atoms with Gasteiger partial charge in [-0.3, -0.25) is 0 Å². The third-order valence-corrected chi connectivity index (χ3v) is 5.41. The maximum absolute atomic E-state index is 12.8. The highest BCUT2D eigenvalue weighted by Crippen LogP contribution is 2.43. The van der Waals surface area contributed by atoms with Crippen LogP contribution in [0.1, 0.15) is 10.9 Å². The van der Waals surface area contributed by atoms with Gasteiger partial charge in [0, 0.05) is 29.6 Å². The smallest absolute Gasteiger partial charge is 0.387 e. The Hall–Kier alpha value is -2.68. The summed E-state index contributed by atoms with van der Waals surface area (Å²) >= 11 is 1.61. The predicted octanol–water partition coefficient (Wildman–Crippen LogP) is 4.58. The zero-order valence-corrected chi connectivity index (χ0v) is 16.2. The van der Waals surface area contributed by atoms with Gasteiger partial charge in [-0.05, 0) is 30.3 Å². The van der Waals surface area contributed by atoms with Crippen LogP contribution in [0.3, 0.4) is 0 Å². The highest BCUT2D eigenvalue weighted by atomic mass is 32.2. The molecule has 1 aliphatic heterocycles. The van der Waals surface area contributed by atoms with Gasteiger partial charge in [0.2, 0.25) is 0 Å². The number of hydrogen-bond acceptors (Lipinski definition) is 5. The third-order valence-electron chi connectivity index (χ3n) is 4.17. The summed E-state index contributed by atoms with van der Waals surface area (Å²) in [6.07, 6.45) is 0. The Balaban J connectivity index is 1.79. The van der Waals surface area contributed by atoms with E-state index >= 15 is 0 Å². The molecule has 0 aliphatic carbocycles.